The summed E-state index contributed by atoms with van der Waals surface area (Å²) in [5.74, 6) is -0.987. The molecule has 2 rings (SSSR count). The Morgan fingerprint density at radius 3 is 2.21 bits per heavy atom. The molecule has 0 radical (unpaired) electrons. The molecule has 0 saturated heterocycles. The molecule has 0 spiro atoms. The van der Waals surface area contributed by atoms with E-state index in [0.717, 1.165) is 12.2 Å². The number of carbonyl (C=O) groups excluding carboxylic acids is 2. The van der Waals surface area contributed by atoms with Crippen LogP contribution in [0.1, 0.15) is 27.7 Å². The van der Waals surface area contributed by atoms with Crippen molar-refractivity contribution in [1.29, 1.82) is 0 Å². The second-order valence-electron chi connectivity index (χ2n) is 7.65. The predicted octanol–water partition coefficient (Wildman–Crippen LogP) is 5.78. The number of benzene rings is 2. The average Bonchev–Trinajstić information content (AvgIpc) is 2.66. The fourth-order valence-electron chi connectivity index (χ4n) is 2.43. The molecule has 0 unspecified atom stereocenters. The van der Waals surface area contributed by atoms with Crippen molar-refractivity contribution in [2.75, 3.05) is 23.8 Å². The van der Waals surface area contributed by atoms with Gasteiger partial charge in [-0.25, -0.2) is 4.99 Å². The number of nitrogens with zero attached hydrogens (tertiary/aromatic N) is 2. The van der Waals surface area contributed by atoms with E-state index in [-0.39, 0.29) is 16.5 Å². The first kappa shape index (κ1) is 22.9. The summed E-state index contributed by atoms with van der Waals surface area (Å²) in [6, 6.07) is 12.1. The average molecular weight is 434 g/mol. The van der Waals surface area contributed by atoms with Crippen LogP contribution in [0.15, 0.2) is 47.5 Å². The van der Waals surface area contributed by atoms with Gasteiger partial charge in [-0.2, -0.15) is 0 Å². The summed E-state index contributed by atoms with van der Waals surface area (Å²) in [6.45, 7) is 8.14. The molecule has 154 valence electrons. The maximum absolute atomic E-state index is 12.9. The third-order valence-corrected chi connectivity index (χ3v) is 4.84. The van der Waals surface area contributed by atoms with Crippen LogP contribution in [0.3, 0.4) is 0 Å². The van der Waals surface area contributed by atoms with Crippen LogP contribution in [0.2, 0.25) is 10.0 Å². The summed E-state index contributed by atoms with van der Waals surface area (Å²) in [7, 11) is 1.98. The summed E-state index contributed by atoms with van der Waals surface area (Å²) in [4.78, 5) is 32.2. The minimum absolute atomic E-state index is 0.180. The highest BCUT2D eigenvalue weighted by Crippen LogP contribution is 2.26. The maximum Gasteiger partial charge on any atom is 0.278 e. The van der Waals surface area contributed by atoms with E-state index in [1.165, 1.54) is 6.07 Å². The SMILES string of the molecule is CCN(C)c1ccc(N=C(C(=O)Nc2ccc(Cl)cc2Cl)C(=O)C(C)(C)C)cc1. The van der Waals surface area contributed by atoms with Crippen LogP contribution in [-0.2, 0) is 9.59 Å². The van der Waals surface area contributed by atoms with Crippen molar-refractivity contribution in [3.8, 4) is 0 Å². The molecule has 0 heterocycles. The summed E-state index contributed by atoms with van der Waals surface area (Å²) in [5, 5.41) is 3.39. The summed E-state index contributed by atoms with van der Waals surface area (Å²) in [6.07, 6.45) is 0. The van der Waals surface area contributed by atoms with Gasteiger partial charge in [0, 0.05) is 29.7 Å². The lowest BCUT2D eigenvalue weighted by Crippen LogP contribution is -2.37. The van der Waals surface area contributed by atoms with E-state index < -0.39 is 11.3 Å². The molecule has 1 N–H and O–H groups in total. The number of ketones is 1. The number of hydrogen-bond donors (Lipinski definition) is 1. The third kappa shape index (κ3) is 6.05. The van der Waals surface area contributed by atoms with Crippen LogP contribution in [0.4, 0.5) is 17.1 Å². The lowest BCUT2D eigenvalue weighted by atomic mass is 9.87. The van der Waals surface area contributed by atoms with E-state index in [0.29, 0.717) is 16.4 Å². The second kappa shape index (κ2) is 9.42. The molecule has 0 fully saturated rings. The molecule has 2 aromatic carbocycles. The first-order valence-corrected chi connectivity index (χ1v) is 9.99. The lowest BCUT2D eigenvalue weighted by Gasteiger charge is -2.19. The second-order valence-corrected chi connectivity index (χ2v) is 8.49. The van der Waals surface area contributed by atoms with Gasteiger partial charge in [-0.1, -0.05) is 44.0 Å². The Morgan fingerprint density at radius 1 is 1.07 bits per heavy atom. The van der Waals surface area contributed by atoms with Crippen molar-refractivity contribution >= 4 is 57.7 Å². The molecule has 0 aliphatic rings. The van der Waals surface area contributed by atoms with Gasteiger partial charge in [-0.3, -0.25) is 9.59 Å². The molecule has 29 heavy (non-hydrogen) atoms. The maximum atomic E-state index is 12.9. The van der Waals surface area contributed by atoms with E-state index in [1.54, 1.807) is 45.0 Å². The van der Waals surface area contributed by atoms with Crippen LogP contribution in [0.25, 0.3) is 0 Å². The van der Waals surface area contributed by atoms with Crippen LogP contribution >= 0.6 is 23.2 Å². The van der Waals surface area contributed by atoms with Gasteiger partial charge in [0.25, 0.3) is 5.91 Å². The Bertz CT molecular complexity index is 932. The number of rotatable bonds is 6. The standard InChI is InChI=1S/C22H25Cl2N3O2/c1-6-27(5)16-10-8-15(9-11-16)25-19(20(28)22(2,3)4)21(29)26-18-12-7-14(23)13-17(18)24/h7-13H,6H2,1-5H3,(H,26,29). The molecule has 0 bridgehead atoms. The minimum Gasteiger partial charge on any atom is -0.375 e. The zero-order chi connectivity index (χ0) is 21.8. The van der Waals surface area contributed by atoms with Gasteiger partial charge in [-0.05, 0) is 49.4 Å². The van der Waals surface area contributed by atoms with Crippen molar-refractivity contribution in [2.45, 2.75) is 27.7 Å². The molecule has 7 heteroatoms. The Hall–Kier alpha value is -2.37. The molecule has 0 atom stereocenters. The van der Waals surface area contributed by atoms with Gasteiger partial charge in [0.1, 0.15) is 0 Å². The predicted molar refractivity (Wildman–Crippen MR) is 122 cm³/mol. The zero-order valence-corrected chi connectivity index (χ0v) is 18.7. The molecular formula is C22H25Cl2N3O2. The smallest absolute Gasteiger partial charge is 0.278 e. The van der Waals surface area contributed by atoms with Gasteiger partial charge < -0.3 is 10.2 Å². The van der Waals surface area contributed by atoms with Gasteiger partial charge in [0.05, 0.1) is 16.4 Å². The number of anilines is 2. The Morgan fingerprint density at radius 2 is 1.69 bits per heavy atom. The Balaban J connectivity index is 2.39. The third-order valence-electron chi connectivity index (χ3n) is 4.30. The van der Waals surface area contributed by atoms with Crippen molar-refractivity contribution in [3.63, 3.8) is 0 Å². The summed E-state index contributed by atoms with van der Waals surface area (Å²) in [5.41, 5.74) is 0.939. The molecule has 0 aromatic heterocycles. The highest BCUT2D eigenvalue weighted by Gasteiger charge is 2.31. The Kier molecular flexibility index (Phi) is 7.44. The van der Waals surface area contributed by atoms with Gasteiger partial charge in [0.15, 0.2) is 11.5 Å². The first-order chi connectivity index (χ1) is 13.5. The molecule has 0 saturated carbocycles. The van der Waals surface area contributed by atoms with Crippen LogP contribution in [0.5, 0.6) is 0 Å². The highest BCUT2D eigenvalue weighted by molar-refractivity contribution is 6.68. The van der Waals surface area contributed by atoms with Gasteiger partial charge >= 0.3 is 0 Å². The molecule has 1 amide bonds. The minimum atomic E-state index is -0.775. The van der Waals surface area contributed by atoms with E-state index in [4.69, 9.17) is 23.2 Å². The molecule has 2 aromatic rings. The van der Waals surface area contributed by atoms with Crippen molar-refractivity contribution in [2.24, 2.45) is 10.4 Å². The monoisotopic (exact) mass is 433 g/mol. The lowest BCUT2D eigenvalue weighted by molar-refractivity contribution is -0.121. The van der Waals surface area contributed by atoms with Crippen molar-refractivity contribution in [3.05, 3.63) is 52.5 Å². The molecule has 0 aliphatic heterocycles. The summed E-state index contributed by atoms with van der Waals surface area (Å²) >= 11 is 12.0. The number of aliphatic imine (C=N–C) groups is 1. The molecule has 0 aliphatic carbocycles. The number of Topliss-reactive ketones (excluding diaryl/α,β-unsaturated/α-hetero) is 1. The number of hydrogen-bond acceptors (Lipinski definition) is 4. The van der Waals surface area contributed by atoms with E-state index >= 15 is 0 Å². The Labute approximate surface area is 181 Å². The van der Waals surface area contributed by atoms with Gasteiger partial charge in [0.2, 0.25) is 0 Å². The van der Waals surface area contributed by atoms with Gasteiger partial charge in [-0.15, -0.1) is 0 Å². The quantitative estimate of drug-likeness (QED) is 0.463. The van der Waals surface area contributed by atoms with Crippen LogP contribution in [-0.4, -0.2) is 31.0 Å². The number of nitrogens with one attached hydrogen (secondary N) is 1. The number of carbonyl (C=O) groups is 2. The van der Waals surface area contributed by atoms with Crippen LogP contribution in [0, 0.1) is 5.41 Å². The topological polar surface area (TPSA) is 61.8 Å². The zero-order valence-electron chi connectivity index (χ0n) is 17.2. The van der Waals surface area contributed by atoms with E-state index in [2.05, 4.69) is 22.1 Å². The number of amides is 1. The van der Waals surface area contributed by atoms with E-state index in [1.807, 2.05) is 19.2 Å². The molecule has 5 nitrogen and oxygen atoms in total. The number of halogens is 2. The highest BCUT2D eigenvalue weighted by atomic mass is 35.5. The first-order valence-electron chi connectivity index (χ1n) is 9.24. The normalized spacial score (nSPS) is 11.9. The van der Waals surface area contributed by atoms with Crippen LogP contribution < -0.4 is 10.2 Å². The fraction of sp³-hybridized carbons (Fsp3) is 0.318. The molecular weight excluding hydrogens is 409 g/mol. The summed E-state index contributed by atoms with van der Waals surface area (Å²) < 4.78 is 0. The fourth-order valence-corrected chi connectivity index (χ4v) is 2.88. The largest absolute Gasteiger partial charge is 0.375 e. The van der Waals surface area contributed by atoms with Crippen molar-refractivity contribution in [1.82, 2.24) is 0 Å². The van der Waals surface area contributed by atoms with Crippen molar-refractivity contribution < 1.29 is 9.59 Å². The van der Waals surface area contributed by atoms with E-state index in [9.17, 15) is 9.59 Å².